The first kappa shape index (κ1) is 73.2. The predicted octanol–water partition coefficient (Wildman–Crippen LogP) is 33.5. The van der Waals surface area contributed by atoms with Crippen molar-refractivity contribution in [2.45, 2.75) is 10.8 Å². The third-order valence-electron chi connectivity index (χ3n) is 27.4. The molecule has 4 heterocycles. The Balaban J connectivity index is 0.552. The van der Waals surface area contributed by atoms with Gasteiger partial charge in [0.05, 0.1) is 33.6 Å². The van der Waals surface area contributed by atoms with Crippen LogP contribution in [0.1, 0.15) is 44.5 Å². The van der Waals surface area contributed by atoms with Gasteiger partial charge in [-0.2, -0.15) is 0 Å². The summed E-state index contributed by atoms with van der Waals surface area (Å²) in [7, 11) is 0. The second-order valence-corrected chi connectivity index (χ2v) is 35.1. The number of furan rings is 1. The van der Waals surface area contributed by atoms with E-state index in [1.54, 1.807) is 0 Å². The fourth-order valence-corrected chi connectivity index (χ4v) is 23.2. The van der Waals surface area contributed by atoms with E-state index in [9.17, 15) is 0 Å². The van der Waals surface area contributed by atoms with Gasteiger partial charge in [0, 0.05) is 82.0 Å². The lowest BCUT2D eigenvalue weighted by molar-refractivity contribution is 0.670. The van der Waals surface area contributed by atoms with E-state index in [1.165, 1.54) is 126 Å². The summed E-state index contributed by atoms with van der Waals surface area (Å²) in [6.07, 6.45) is 0. The van der Waals surface area contributed by atoms with Gasteiger partial charge in [-0.05, 0) is 250 Å². The Kier molecular flexibility index (Phi) is 16.7. The van der Waals surface area contributed by atoms with Crippen molar-refractivity contribution in [2.75, 3.05) is 19.6 Å². The summed E-state index contributed by atoms with van der Waals surface area (Å²) >= 11 is 1.88. The zero-order valence-corrected chi connectivity index (χ0v) is 70.5. The average Bonchev–Trinajstić information content (AvgIpc) is 1.50. The molecule has 26 rings (SSSR count). The molecule has 598 valence electrons. The van der Waals surface area contributed by atoms with Crippen LogP contribution in [-0.4, -0.2) is 0 Å². The first-order valence-electron chi connectivity index (χ1n) is 44.1. The summed E-state index contributed by atoms with van der Waals surface area (Å²) in [5.74, 6) is 0. The molecule has 0 amide bonds. The summed E-state index contributed by atoms with van der Waals surface area (Å²) in [5, 5.41) is 4.72. The highest BCUT2D eigenvalue weighted by atomic mass is 32.1. The summed E-state index contributed by atoms with van der Waals surface area (Å²) in [6.45, 7) is 0. The number of thiophene rings is 1. The summed E-state index contributed by atoms with van der Waals surface area (Å²) in [5.41, 5.74) is 40.3. The molecular weight excluding hydrogens is 1570 g/mol. The lowest BCUT2D eigenvalue weighted by atomic mass is 9.64. The SMILES string of the molecule is c1ccc(-c2ccc(N(c3cccc(-c4cccc5c4sc4cc(-c6ccc(-c7ccc(N(c8cccc(-c9cccc%10c9oc9ccccc9%10)c8)c8ccc9c(c8)C8(c%10ccccc%10-9)c9ccccc9N(c9ccccc9)c9ccccc98)cc7)cc6)ccc45)c3)c3ccc4c(c3)C3(c5ccccc5-4)c4ccccc4N(c4ccccc4)c4ccccc43)cc2)cc1. The van der Waals surface area contributed by atoms with E-state index in [4.69, 9.17) is 4.42 Å². The number of anilines is 12. The molecule has 22 aromatic rings. The van der Waals surface area contributed by atoms with Gasteiger partial charge in [-0.15, -0.1) is 11.3 Å². The second-order valence-electron chi connectivity index (χ2n) is 34.0. The highest BCUT2D eigenvalue weighted by Gasteiger charge is 2.54. The quantitative estimate of drug-likeness (QED) is 0.115. The number of benzene rings is 20. The van der Waals surface area contributed by atoms with Gasteiger partial charge in [0.1, 0.15) is 11.2 Å². The van der Waals surface area contributed by atoms with Crippen molar-refractivity contribution in [1.29, 1.82) is 0 Å². The lowest BCUT2D eigenvalue weighted by Crippen LogP contribution is -2.36. The molecule has 0 atom stereocenters. The minimum Gasteiger partial charge on any atom is -0.455 e. The molecule has 0 bridgehead atoms. The van der Waals surface area contributed by atoms with E-state index in [0.717, 1.165) is 107 Å². The Morgan fingerprint density at radius 2 is 0.547 bits per heavy atom. The first-order chi connectivity index (χ1) is 63.5. The molecule has 2 spiro atoms. The van der Waals surface area contributed by atoms with Crippen LogP contribution in [0, 0.1) is 0 Å². The van der Waals surface area contributed by atoms with E-state index in [2.05, 4.69) is 487 Å². The third-order valence-corrected chi connectivity index (χ3v) is 28.6. The van der Waals surface area contributed by atoms with Crippen molar-refractivity contribution in [1.82, 2.24) is 0 Å². The fourth-order valence-electron chi connectivity index (χ4n) is 22.0. The summed E-state index contributed by atoms with van der Waals surface area (Å²) < 4.78 is 9.26. The molecule has 2 aliphatic carbocycles. The number of nitrogens with zero attached hydrogens (tertiary/aromatic N) is 4. The van der Waals surface area contributed by atoms with Crippen LogP contribution in [0.25, 0.3) is 120 Å². The van der Waals surface area contributed by atoms with E-state index >= 15 is 0 Å². The van der Waals surface area contributed by atoms with Gasteiger partial charge in [0.15, 0.2) is 0 Å². The number of hydrogen-bond donors (Lipinski definition) is 0. The van der Waals surface area contributed by atoms with E-state index in [1.807, 2.05) is 17.4 Å². The number of hydrogen-bond acceptors (Lipinski definition) is 6. The van der Waals surface area contributed by atoms with Crippen LogP contribution in [0.15, 0.2) is 478 Å². The van der Waals surface area contributed by atoms with E-state index in [-0.39, 0.29) is 0 Å². The van der Waals surface area contributed by atoms with Crippen molar-refractivity contribution in [3.05, 3.63) is 518 Å². The highest BCUT2D eigenvalue weighted by Crippen LogP contribution is 2.67. The Bertz CT molecular complexity index is 8120. The summed E-state index contributed by atoms with van der Waals surface area (Å²) in [4.78, 5) is 9.84. The van der Waals surface area contributed by atoms with Crippen LogP contribution in [0.4, 0.5) is 68.2 Å². The Labute approximate surface area is 746 Å². The number of para-hydroxylation sites is 8. The van der Waals surface area contributed by atoms with Gasteiger partial charge in [-0.3, -0.25) is 0 Å². The van der Waals surface area contributed by atoms with E-state index in [0.29, 0.717) is 0 Å². The Morgan fingerprint density at radius 1 is 0.203 bits per heavy atom. The van der Waals surface area contributed by atoms with Crippen molar-refractivity contribution in [3.8, 4) is 77.9 Å². The maximum Gasteiger partial charge on any atom is 0.143 e. The summed E-state index contributed by atoms with van der Waals surface area (Å²) in [6, 6.07) is 176. The second kappa shape index (κ2) is 29.1. The molecule has 2 aromatic heterocycles. The van der Waals surface area contributed by atoms with Crippen LogP contribution in [0.2, 0.25) is 0 Å². The smallest absolute Gasteiger partial charge is 0.143 e. The molecule has 0 unspecified atom stereocenters. The lowest BCUT2D eigenvalue weighted by Gasteiger charge is -2.45. The Morgan fingerprint density at radius 3 is 1.05 bits per heavy atom. The normalized spacial score (nSPS) is 13.2. The van der Waals surface area contributed by atoms with E-state index < -0.39 is 10.8 Å². The monoisotopic (exact) mass is 1650 g/mol. The predicted molar refractivity (Wildman–Crippen MR) is 534 cm³/mol. The van der Waals surface area contributed by atoms with Crippen LogP contribution in [-0.2, 0) is 10.8 Å². The molecule has 0 radical (unpaired) electrons. The molecule has 0 fully saturated rings. The molecule has 0 saturated carbocycles. The first-order valence-corrected chi connectivity index (χ1v) is 44.9. The molecule has 5 nitrogen and oxygen atoms in total. The van der Waals surface area contributed by atoms with Crippen molar-refractivity contribution in [3.63, 3.8) is 0 Å². The molecule has 20 aromatic carbocycles. The zero-order chi connectivity index (χ0) is 84.1. The molecule has 6 heteroatoms. The van der Waals surface area contributed by atoms with Crippen molar-refractivity contribution < 1.29 is 4.42 Å². The topological polar surface area (TPSA) is 26.1 Å². The van der Waals surface area contributed by atoms with Gasteiger partial charge >= 0.3 is 0 Å². The molecule has 4 aliphatic rings. The molecule has 0 saturated heterocycles. The highest BCUT2D eigenvalue weighted by molar-refractivity contribution is 7.26. The minimum atomic E-state index is -0.650. The van der Waals surface area contributed by atoms with Crippen LogP contribution < -0.4 is 19.6 Å². The molecule has 0 N–H and O–H groups in total. The maximum absolute atomic E-state index is 6.74. The van der Waals surface area contributed by atoms with Gasteiger partial charge in [-0.25, -0.2) is 0 Å². The van der Waals surface area contributed by atoms with Crippen molar-refractivity contribution in [2.24, 2.45) is 0 Å². The average molecular weight is 1650 g/mol. The molecular formula is C122H78N4OS. The standard InChI is InChI=1S/C122H78N4OS/c1-4-28-79(29-5-1)81-60-65-89(66-61-81)124(94-70-73-100-98-39-11-14-46-106(98)122(112(100)78-94)109-49-17-21-53-115(109)126(88-34-8-3-9-35-88)116-54-22-18-50-110(116)122)92-37-25-31-86(75-92)96-42-27-44-104-102-71-64-84(76-118(102)128-120(96)104)83-58-56-80(57-59-83)82-62-67-90(68-63-82)123(91-36-24-30-85(74-91)95-41-26-43-103-101-40-12-23-55-117(101)127-119(95)103)93-69-72-99-97-38-10-13-45-105(97)121(111(99)77-93)107-47-15-19-51-113(107)125(87-32-6-2-7-33-87)114-52-20-16-48-108(114)121/h1-78H. The Hall–Kier alpha value is -16.4. The molecule has 128 heavy (non-hydrogen) atoms. The van der Waals surface area contributed by atoms with Crippen LogP contribution in [0.3, 0.4) is 0 Å². The fraction of sp³-hybridized carbons (Fsp3) is 0.0164. The number of fused-ring (bicyclic) bond motifs is 24. The van der Waals surface area contributed by atoms with Gasteiger partial charge in [0.2, 0.25) is 0 Å². The van der Waals surface area contributed by atoms with Crippen molar-refractivity contribution >= 4 is 122 Å². The maximum atomic E-state index is 6.74. The van der Waals surface area contributed by atoms with Gasteiger partial charge < -0.3 is 24.0 Å². The van der Waals surface area contributed by atoms with Crippen LogP contribution in [0.5, 0.6) is 0 Å². The van der Waals surface area contributed by atoms with Gasteiger partial charge in [0.25, 0.3) is 0 Å². The zero-order valence-electron chi connectivity index (χ0n) is 69.6. The molecule has 2 aliphatic heterocycles. The number of rotatable bonds is 13. The third kappa shape index (κ3) is 11.1. The largest absolute Gasteiger partial charge is 0.455 e. The van der Waals surface area contributed by atoms with Gasteiger partial charge in [-0.1, -0.05) is 340 Å². The van der Waals surface area contributed by atoms with Crippen LogP contribution >= 0.6 is 11.3 Å². The minimum absolute atomic E-state index is 0.631.